The van der Waals surface area contributed by atoms with E-state index in [0.717, 1.165) is 12.1 Å². The van der Waals surface area contributed by atoms with Gasteiger partial charge in [0, 0.05) is 0 Å². The third-order valence-electron chi connectivity index (χ3n) is 2.51. The van der Waals surface area contributed by atoms with Crippen molar-refractivity contribution in [3.8, 4) is 11.6 Å². The molecule has 0 radical (unpaired) electrons. The van der Waals surface area contributed by atoms with Crippen molar-refractivity contribution in [1.82, 2.24) is 9.55 Å². The standard InChI is InChI=1S/C11H7F3N2O3/c1-4-2-3-5(12)8(6(4)13)16-10(18)7(14)9(17)15-11(16)19/h2-3,18H,1H3,(H,15,17,19). The smallest absolute Gasteiger partial charge is 0.336 e. The van der Waals surface area contributed by atoms with Crippen LogP contribution in [0.2, 0.25) is 0 Å². The Balaban J connectivity index is 2.96. The minimum absolute atomic E-state index is 0.0192. The van der Waals surface area contributed by atoms with Gasteiger partial charge < -0.3 is 5.11 Å². The molecule has 2 N–H and O–H groups in total. The monoisotopic (exact) mass is 272 g/mol. The Hall–Kier alpha value is -2.51. The zero-order valence-electron chi connectivity index (χ0n) is 9.50. The number of aromatic hydroxyl groups is 1. The summed E-state index contributed by atoms with van der Waals surface area (Å²) < 4.78 is 40.6. The lowest BCUT2D eigenvalue weighted by Gasteiger charge is -2.11. The Kier molecular flexibility index (Phi) is 2.93. The fourth-order valence-corrected chi connectivity index (χ4v) is 1.56. The summed E-state index contributed by atoms with van der Waals surface area (Å²) in [7, 11) is 0. The van der Waals surface area contributed by atoms with E-state index < -0.39 is 40.3 Å². The van der Waals surface area contributed by atoms with Crippen LogP contribution in [0.3, 0.4) is 0 Å². The van der Waals surface area contributed by atoms with Gasteiger partial charge in [0.25, 0.3) is 5.56 Å². The van der Waals surface area contributed by atoms with Crippen LogP contribution in [0.15, 0.2) is 21.7 Å². The largest absolute Gasteiger partial charge is 0.492 e. The second kappa shape index (κ2) is 4.30. The lowest BCUT2D eigenvalue weighted by molar-refractivity contribution is 0.380. The molecule has 0 aliphatic rings. The number of H-pyrrole nitrogens is 1. The predicted octanol–water partition coefficient (Wildman–Crippen LogP) is 0.957. The van der Waals surface area contributed by atoms with Crippen LogP contribution in [0, 0.1) is 24.4 Å². The fraction of sp³-hybridized carbons (Fsp3) is 0.0909. The topological polar surface area (TPSA) is 75.1 Å². The first-order valence-electron chi connectivity index (χ1n) is 5.03. The minimum atomic E-state index is -1.71. The average Bonchev–Trinajstić information content (AvgIpc) is 2.35. The molecule has 0 unspecified atom stereocenters. The summed E-state index contributed by atoms with van der Waals surface area (Å²) in [6, 6.07) is 1.96. The number of nitrogens with zero attached hydrogens (tertiary/aromatic N) is 1. The van der Waals surface area contributed by atoms with E-state index in [1.54, 1.807) is 0 Å². The van der Waals surface area contributed by atoms with Crippen molar-refractivity contribution in [2.75, 3.05) is 0 Å². The number of halogens is 3. The molecule has 0 saturated carbocycles. The van der Waals surface area contributed by atoms with Gasteiger partial charge in [-0.3, -0.25) is 9.78 Å². The molecule has 0 bridgehead atoms. The summed E-state index contributed by atoms with van der Waals surface area (Å²) >= 11 is 0. The number of aromatic nitrogens is 2. The van der Waals surface area contributed by atoms with Gasteiger partial charge in [-0.1, -0.05) is 6.07 Å². The molecule has 2 rings (SSSR count). The van der Waals surface area contributed by atoms with Gasteiger partial charge in [-0.25, -0.2) is 18.1 Å². The Labute approximate surface area is 103 Å². The summed E-state index contributed by atoms with van der Waals surface area (Å²) in [5, 5.41) is 9.39. The van der Waals surface area contributed by atoms with Gasteiger partial charge in [0.2, 0.25) is 11.7 Å². The molecule has 0 saturated heterocycles. The van der Waals surface area contributed by atoms with Gasteiger partial charge in [-0.2, -0.15) is 4.39 Å². The van der Waals surface area contributed by atoms with Crippen LogP contribution in [-0.2, 0) is 0 Å². The second-order valence-corrected chi connectivity index (χ2v) is 3.76. The van der Waals surface area contributed by atoms with Gasteiger partial charge in [0.05, 0.1) is 0 Å². The maximum Gasteiger partial charge on any atom is 0.336 e. The summed E-state index contributed by atoms with van der Waals surface area (Å²) in [5.41, 5.74) is -3.81. The quantitative estimate of drug-likeness (QED) is 0.811. The van der Waals surface area contributed by atoms with E-state index in [-0.39, 0.29) is 10.1 Å². The maximum absolute atomic E-state index is 13.8. The maximum atomic E-state index is 13.8. The Morgan fingerprint density at radius 2 is 1.79 bits per heavy atom. The van der Waals surface area contributed by atoms with Gasteiger partial charge in [-0.05, 0) is 18.6 Å². The summed E-state index contributed by atoms with van der Waals surface area (Å²) in [6.45, 7) is 1.29. The summed E-state index contributed by atoms with van der Waals surface area (Å²) in [4.78, 5) is 23.9. The molecule has 2 aromatic rings. The molecule has 0 amide bonds. The van der Waals surface area contributed by atoms with Crippen LogP contribution in [0.25, 0.3) is 5.69 Å². The molecular weight excluding hydrogens is 265 g/mol. The first-order chi connectivity index (χ1) is 8.84. The molecule has 1 aromatic carbocycles. The lowest BCUT2D eigenvalue weighted by atomic mass is 10.2. The van der Waals surface area contributed by atoms with E-state index >= 15 is 0 Å². The molecule has 0 atom stereocenters. The summed E-state index contributed by atoms with van der Waals surface area (Å²) in [5.74, 6) is -5.51. The van der Waals surface area contributed by atoms with Crippen LogP contribution < -0.4 is 11.2 Å². The Morgan fingerprint density at radius 3 is 2.42 bits per heavy atom. The van der Waals surface area contributed by atoms with E-state index in [1.807, 2.05) is 0 Å². The molecule has 0 aliphatic carbocycles. The molecule has 100 valence electrons. The van der Waals surface area contributed by atoms with Crippen molar-refractivity contribution in [3.05, 3.63) is 56.0 Å². The van der Waals surface area contributed by atoms with Gasteiger partial charge in [0.1, 0.15) is 5.69 Å². The number of nitrogens with one attached hydrogen (secondary N) is 1. The van der Waals surface area contributed by atoms with Crippen LogP contribution in [-0.4, -0.2) is 14.7 Å². The second-order valence-electron chi connectivity index (χ2n) is 3.76. The fourth-order valence-electron chi connectivity index (χ4n) is 1.56. The predicted molar refractivity (Wildman–Crippen MR) is 58.9 cm³/mol. The third kappa shape index (κ3) is 1.90. The van der Waals surface area contributed by atoms with E-state index in [1.165, 1.54) is 11.9 Å². The van der Waals surface area contributed by atoms with E-state index in [0.29, 0.717) is 0 Å². The van der Waals surface area contributed by atoms with Crippen molar-refractivity contribution < 1.29 is 18.3 Å². The van der Waals surface area contributed by atoms with Crippen molar-refractivity contribution >= 4 is 0 Å². The Bertz CT molecular complexity index is 780. The van der Waals surface area contributed by atoms with E-state index in [4.69, 9.17) is 0 Å². The highest BCUT2D eigenvalue weighted by atomic mass is 19.1. The van der Waals surface area contributed by atoms with Crippen molar-refractivity contribution in [2.24, 2.45) is 0 Å². The number of rotatable bonds is 1. The normalized spacial score (nSPS) is 10.7. The zero-order valence-corrected chi connectivity index (χ0v) is 9.50. The number of hydrogen-bond acceptors (Lipinski definition) is 3. The molecule has 19 heavy (non-hydrogen) atoms. The van der Waals surface area contributed by atoms with E-state index in [9.17, 15) is 27.9 Å². The first-order valence-corrected chi connectivity index (χ1v) is 5.03. The third-order valence-corrected chi connectivity index (χ3v) is 2.51. The number of aromatic amines is 1. The lowest BCUT2D eigenvalue weighted by Crippen LogP contribution is -2.32. The van der Waals surface area contributed by atoms with Crippen LogP contribution in [0.1, 0.15) is 5.56 Å². The van der Waals surface area contributed by atoms with Crippen LogP contribution in [0.4, 0.5) is 13.2 Å². The highest BCUT2D eigenvalue weighted by Crippen LogP contribution is 2.23. The molecule has 1 aromatic heterocycles. The Morgan fingerprint density at radius 1 is 1.16 bits per heavy atom. The van der Waals surface area contributed by atoms with Gasteiger partial charge in [0.15, 0.2) is 11.6 Å². The zero-order chi connectivity index (χ0) is 14.3. The first kappa shape index (κ1) is 12.9. The molecule has 0 aliphatic heterocycles. The average molecular weight is 272 g/mol. The number of aryl methyl sites for hydroxylation is 1. The van der Waals surface area contributed by atoms with Crippen LogP contribution in [0.5, 0.6) is 5.88 Å². The van der Waals surface area contributed by atoms with E-state index in [2.05, 4.69) is 0 Å². The molecule has 1 heterocycles. The molecule has 8 heteroatoms. The molecule has 0 fully saturated rings. The van der Waals surface area contributed by atoms with Crippen molar-refractivity contribution in [1.29, 1.82) is 0 Å². The SMILES string of the molecule is Cc1ccc(F)c(-n2c(O)c(F)c(=O)[nH]c2=O)c1F. The van der Waals surface area contributed by atoms with Crippen LogP contribution >= 0.6 is 0 Å². The van der Waals surface area contributed by atoms with Gasteiger partial charge >= 0.3 is 5.69 Å². The highest BCUT2D eigenvalue weighted by Gasteiger charge is 2.21. The van der Waals surface area contributed by atoms with Crippen molar-refractivity contribution in [2.45, 2.75) is 6.92 Å². The molecule has 0 spiro atoms. The van der Waals surface area contributed by atoms with Crippen molar-refractivity contribution in [3.63, 3.8) is 0 Å². The molecule has 5 nitrogen and oxygen atoms in total. The summed E-state index contributed by atoms with van der Waals surface area (Å²) in [6.07, 6.45) is 0. The minimum Gasteiger partial charge on any atom is -0.492 e. The highest BCUT2D eigenvalue weighted by molar-refractivity contribution is 5.41. The molecular formula is C11H7F3N2O3. The van der Waals surface area contributed by atoms with Gasteiger partial charge in [-0.15, -0.1) is 0 Å². The number of benzene rings is 1. The number of hydrogen-bond donors (Lipinski definition) is 2.